The van der Waals surface area contributed by atoms with Gasteiger partial charge in [0.25, 0.3) is 0 Å². The summed E-state index contributed by atoms with van der Waals surface area (Å²) in [5.41, 5.74) is 7.55. The molecule has 0 radical (unpaired) electrons. The average molecular weight is 274 g/mol. The van der Waals surface area contributed by atoms with E-state index in [9.17, 15) is 0 Å². The molecule has 0 aliphatic heterocycles. The largest absolute Gasteiger partial charge is 0.323 e. The highest BCUT2D eigenvalue weighted by molar-refractivity contribution is 9.10. The van der Waals surface area contributed by atoms with Crippen LogP contribution in [0.4, 0.5) is 0 Å². The van der Waals surface area contributed by atoms with Crippen molar-refractivity contribution in [3.63, 3.8) is 0 Å². The van der Waals surface area contributed by atoms with E-state index in [1.165, 1.54) is 0 Å². The minimum Gasteiger partial charge on any atom is -0.323 e. The zero-order chi connectivity index (χ0) is 11.6. The molecule has 1 rings (SSSR count). The topological polar surface area (TPSA) is 43.8 Å². The van der Waals surface area contributed by atoms with Crippen LogP contribution in [0.25, 0.3) is 0 Å². The highest BCUT2D eigenvalue weighted by Gasteiger charge is 2.21. The molecule has 86 valence electrons. The minimum absolute atomic E-state index is 0.0434. The van der Waals surface area contributed by atoms with Gasteiger partial charge in [0.2, 0.25) is 0 Å². The third kappa shape index (κ3) is 3.31. The van der Waals surface area contributed by atoms with E-state index in [-0.39, 0.29) is 11.5 Å². The van der Waals surface area contributed by atoms with Crippen LogP contribution in [0.5, 0.6) is 0 Å². The van der Waals surface area contributed by atoms with E-state index >= 15 is 0 Å². The van der Waals surface area contributed by atoms with Crippen molar-refractivity contribution < 1.29 is 0 Å². The van der Waals surface area contributed by atoms with Crippen LogP contribution >= 0.6 is 15.9 Å². The lowest BCUT2D eigenvalue weighted by Crippen LogP contribution is -2.22. The summed E-state index contributed by atoms with van der Waals surface area (Å²) in [7, 11) is 0. The Morgan fingerprint density at radius 1 is 1.53 bits per heavy atom. The van der Waals surface area contributed by atoms with E-state index in [0.717, 1.165) is 23.1 Å². The lowest BCUT2D eigenvalue weighted by Gasteiger charge is -2.23. The van der Waals surface area contributed by atoms with E-state index in [1.54, 1.807) is 0 Å². The molecule has 0 bridgehead atoms. The van der Waals surface area contributed by atoms with Crippen molar-refractivity contribution in [2.75, 3.05) is 0 Å². The third-order valence-corrected chi connectivity index (χ3v) is 2.93. The normalized spacial score (nSPS) is 14.3. The Hall–Kier alpha value is -0.350. The molecule has 0 aliphatic carbocycles. The van der Waals surface area contributed by atoms with Crippen molar-refractivity contribution in [3.05, 3.63) is 16.4 Å². The Morgan fingerprint density at radius 3 is 2.60 bits per heavy atom. The van der Waals surface area contributed by atoms with E-state index in [0.29, 0.717) is 0 Å². The quantitative estimate of drug-likeness (QED) is 0.920. The predicted molar refractivity (Wildman–Crippen MR) is 66.6 cm³/mol. The van der Waals surface area contributed by atoms with Gasteiger partial charge in [0, 0.05) is 12.6 Å². The van der Waals surface area contributed by atoms with Crippen LogP contribution in [-0.4, -0.2) is 9.78 Å². The second-order valence-electron chi connectivity index (χ2n) is 5.06. The Labute approximate surface area is 100 Å². The SMILES string of the molecule is CCn1ncc(Br)c1C(N)CC(C)(C)C. The number of aromatic nitrogens is 2. The van der Waals surface area contributed by atoms with Crippen molar-refractivity contribution in [2.24, 2.45) is 11.1 Å². The van der Waals surface area contributed by atoms with Gasteiger partial charge in [0.1, 0.15) is 0 Å². The molecular weight excluding hydrogens is 254 g/mol. The number of halogens is 1. The molecule has 1 aromatic heterocycles. The molecule has 0 aliphatic rings. The number of hydrogen-bond donors (Lipinski definition) is 1. The fourth-order valence-corrected chi connectivity index (χ4v) is 2.34. The summed E-state index contributed by atoms with van der Waals surface area (Å²) in [5, 5.41) is 4.28. The van der Waals surface area contributed by atoms with Gasteiger partial charge in [-0.1, -0.05) is 20.8 Å². The molecule has 0 aromatic carbocycles. The minimum atomic E-state index is 0.0434. The lowest BCUT2D eigenvalue weighted by molar-refractivity contribution is 0.333. The van der Waals surface area contributed by atoms with Crippen molar-refractivity contribution in [1.29, 1.82) is 0 Å². The molecular formula is C11H20BrN3. The molecule has 0 spiro atoms. The molecule has 1 unspecified atom stereocenters. The van der Waals surface area contributed by atoms with E-state index in [1.807, 2.05) is 10.9 Å². The summed E-state index contributed by atoms with van der Waals surface area (Å²) in [4.78, 5) is 0. The summed E-state index contributed by atoms with van der Waals surface area (Å²) in [6.45, 7) is 9.54. The fraction of sp³-hybridized carbons (Fsp3) is 0.727. The zero-order valence-electron chi connectivity index (χ0n) is 9.92. The number of nitrogens with two attached hydrogens (primary N) is 1. The summed E-state index contributed by atoms with van der Waals surface area (Å²) in [6, 6.07) is 0.0434. The first-order valence-electron chi connectivity index (χ1n) is 5.32. The monoisotopic (exact) mass is 273 g/mol. The van der Waals surface area contributed by atoms with Gasteiger partial charge in [0.15, 0.2) is 0 Å². The number of nitrogens with zero attached hydrogens (tertiary/aromatic N) is 2. The first-order chi connectivity index (χ1) is 6.85. The van der Waals surface area contributed by atoms with Crippen LogP contribution in [0.2, 0.25) is 0 Å². The second kappa shape index (κ2) is 4.66. The molecule has 1 aromatic rings. The standard InChI is InChI=1S/C11H20BrN3/c1-5-15-10(8(12)7-14-15)9(13)6-11(2,3)4/h7,9H,5-6,13H2,1-4H3. The summed E-state index contributed by atoms with van der Waals surface area (Å²) >= 11 is 3.50. The van der Waals surface area contributed by atoms with Gasteiger partial charge in [-0.3, -0.25) is 4.68 Å². The molecule has 15 heavy (non-hydrogen) atoms. The van der Waals surface area contributed by atoms with Crippen molar-refractivity contribution in [3.8, 4) is 0 Å². The maximum absolute atomic E-state index is 6.21. The number of hydrogen-bond acceptors (Lipinski definition) is 2. The van der Waals surface area contributed by atoms with Crippen LogP contribution in [0.1, 0.15) is 45.9 Å². The molecule has 2 N–H and O–H groups in total. The van der Waals surface area contributed by atoms with Gasteiger partial charge in [0.05, 0.1) is 16.4 Å². The Kier molecular flexibility index (Phi) is 3.95. The van der Waals surface area contributed by atoms with Crippen LogP contribution in [0.3, 0.4) is 0 Å². The summed E-state index contributed by atoms with van der Waals surface area (Å²) in [6.07, 6.45) is 2.78. The molecule has 0 amide bonds. The molecule has 1 heterocycles. The summed E-state index contributed by atoms with van der Waals surface area (Å²) in [5.74, 6) is 0. The van der Waals surface area contributed by atoms with E-state index < -0.39 is 0 Å². The third-order valence-electron chi connectivity index (χ3n) is 2.32. The van der Waals surface area contributed by atoms with Gasteiger partial charge in [-0.25, -0.2) is 0 Å². The van der Waals surface area contributed by atoms with Gasteiger partial charge < -0.3 is 5.73 Å². The predicted octanol–water partition coefficient (Wildman–Crippen LogP) is 3.10. The number of aryl methyl sites for hydroxylation is 1. The maximum atomic E-state index is 6.21. The Morgan fingerprint density at radius 2 is 2.13 bits per heavy atom. The first-order valence-corrected chi connectivity index (χ1v) is 6.11. The Balaban J connectivity index is 2.90. The second-order valence-corrected chi connectivity index (χ2v) is 5.92. The van der Waals surface area contributed by atoms with Gasteiger partial charge >= 0.3 is 0 Å². The van der Waals surface area contributed by atoms with Crippen LogP contribution in [-0.2, 0) is 6.54 Å². The van der Waals surface area contributed by atoms with Gasteiger partial charge in [-0.2, -0.15) is 5.10 Å². The van der Waals surface area contributed by atoms with Crippen molar-refractivity contribution >= 4 is 15.9 Å². The van der Waals surface area contributed by atoms with Gasteiger partial charge in [-0.05, 0) is 34.7 Å². The van der Waals surface area contributed by atoms with Gasteiger partial charge in [-0.15, -0.1) is 0 Å². The summed E-state index contributed by atoms with van der Waals surface area (Å²) < 4.78 is 2.97. The zero-order valence-corrected chi connectivity index (χ0v) is 11.5. The lowest BCUT2D eigenvalue weighted by atomic mass is 9.87. The first kappa shape index (κ1) is 12.7. The molecule has 0 fully saturated rings. The molecule has 0 saturated heterocycles. The van der Waals surface area contributed by atoms with E-state index in [2.05, 4.69) is 48.7 Å². The maximum Gasteiger partial charge on any atom is 0.0693 e. The number of rotatable bonds is 3. The van der Waals surface area contributed by atoms with Crippen LogP contribution in [0.15, 0.2) is 10.7 Å². The fourth-order valence-electron chi connectivity index (χ4n) is 1.75. The molecule has 4 heteroatoms. The van der Waals surface area contributed by atoms with Crippen molar-refractivity contribution in [2.45, 2.75) is 46.7 Å². The average Bonchev–Trinajstić information content (AvgIpc) is 2.43. The molecule has 3 nitrogen and oxygen atoms in total. The Bertz CT molecular complexity index is 325. The van der Waals surface area contributed by atoms with Crippen LogP contribution < -0.4 is 5.73 Å². The van der Waals surface area contributed by atoms with Crippen LogP contribution in [0, 0.1) is 5.41 Å². The van der Waals surface area contributed by atoms with Crippen molar-refractivity contribution in [1.82, 2.24) is 9.78 Å². The highest BCUT2D eigenvalue weighted by Crippen LogP contribution is 2.31. The van der Waals surface area contributed by atoms with E-state index in [4.69, 9.17) is 5.73 Å². The molecule has 0 saturated carbocycles. The molecule has 1 atom stereocenters. The smallest absolute Gasteiger partial charge is 0.0693 e. The highest BCUT2D eigenvalue weighted by atomic mass is 79.9.